The van der Waals surface area contributed by atoms with Crippen LogP contribution in [0.2, 0.25) is 0 Å². The Morgan fingerprint density at radius 1 is 0.914 bits per heavy atom. The first-order chi connectivity index (χ1) is 16.8. The first-order valence-corrected chi connectivity index (χ1v) is 11.4. The Kier molecular flexibility index (Phi) is 4.42. The van der Waals surface area contributed by atoms with E-state index in [4.69, 9.17) is 9.47 Å². The van der Waals surface area contributed by atoms with Gasteiger partial charge >= 0.3 is 0 Å². The fourth-order valence-electron chi connectivity index (χ4n) is 4.93. The third-order valence-corrected chi connectivity index (χ3v) is 6.53. The molecule has 1 atom stereocenters. The molecule has 0 radical (unpaired) electrons. The molecule has 1 aliphatic carbocycles. The highest BCUT2D eigenvalue weighted by Gasteiger charge is 2.45. The number of hydrogen-bond donors (Lipinski definition) is 1. The van der Waals surface area contributed by atoms with Crippen molar-refractivity contribution in [3.8, 4) is 17.2 Å². The predicted octanol–water partition coefficient (Wildman–Crippen LogP) is 6.33. The molecule has 5 heteroatoms. The van der Waals surface area contributed by atoms with Crippen molar-refractivity contribution in [1.82, 2.24) is 0 Å². The standard InChI is InChI=1S/C30H22O5/c1-16(2)9-8-14-30(3)15-21-22-24(31)17-10-4-5-11-18(17)25(32)28(22)34-27-20-13-7-6-12-19(20)26(33)29(35-30)23(21)27/h4-15,33H,1-3H3/b14-8+/t30-/m1/s1. The summed E-state index contributed by atoms with van der Waals surface area (Å²) in [6.45, 7) is 5.84. The second-order valence-corrected chi connectivity index (χ2v) is 9.38. The van der Waals surface area contributed by atoms with Gasteiger partial charge in [-0.05, 0) is 32.9 Å². The highest BCUT2D eigenvalue weighted by Crippen LogP contribution is 2.57. The largest absolute Gasteiger partial charge is 0.504 e. The predicted molar refractivity (Wildman–Crippen MR) is 134 cm³/mol. The van der Waals surface area contributed by atoms with Crippen LogP contribution in [-0.4, -0.2) is 22.3 Å². The molecule has 5 nitrogen and oxygen atoms in total. The van der Waals surface area contributed by atoms with E-state index in [1.165, 1.54) is 0 Å². The summed E-state index contributed by atoms with van der Waals surface area (Å²) in [5.74, 6) is -0.0291. The molecule has 6 rings (SSSR count). The fraction of sp³-hybridized carbons (Fsp3) is 0.133. The number of carbonyl (C=O) groups is 2. The lowest BCUT2D eigenvalue weighted by Crippen LogP contribution is -2.35. The number of ether oxygens (including phenoxy) is 2. The monoisotopic (exact) mass is 462 g/mol. The summed E-state index contributed by atoms with van der Waals surface area (Å²) in [5.41, 5.74) is 1.99. The van der Waals surface area contributed by atoms with Gasteiger partial charge in [0.2, 0.25) is 5.78 Å². The number of allylic oxidation sites excluding steroid dienone is 6. The minimum absolute atomic E-state index is 0.00627. The van der Waals surface area contributed by atoms with Crippen LogP contribution in [0.3, 0.4) is 0 Å². The molecule has 1 N–H and O–H groups in total. The first-order valence-electron chi connectivity index (χ1n) is 11.4. The van der Waals surface area contributed by atoms with Crippen LogP contribution in [0.25, 0.3) is 16.3 Å². The van der Waals surface area contributed by atoms with Crippen molar-refractivity contribution in [1.29, 1.82) is 0 Å². The van der Waals surface area contributed by atoms with Crippen molar-refractivity contribution in [2.75, 3.05) is 0 Å². The lowest BCUT2D eigenvalue weighted by molar-refractivity contribution is 0.0937. The highest BCUT2D eigenvalue weighted by atomic mass is 16.5. The normalized spacial score (nSPS) is 20.0. The topological polar surface area (TPSA) is 72.8 Å². The molecule has 0 spiro atoms. The van der Waals surface area contributed by atoms with E-state index in [0.717, 1.165) is 5.57 Å². The number of Topliss-reactive ketones (excluding diaryl/α,β-unsaturated/α-hetero) is 2. The van der Waals surface area contributed by atoms with E-state index in [9.17, 15) is 14.7 Å². The van der Waals surface area contributed by atoms with Gasteiger partial charge in [0, 0.05) is 27.5 Å². The Bertz CT molecular complexity index is 1610. The van der Waals surface area contributed by atoms with Gasteiger partial charge in [-0.3, -0.25) is 9.59 Å². The lowest BCUT2D eigenvalue weighted by Gasteiger charge is -2.37. The minimum atomic E-state index is -0.985. The Hall–Kier alpha value is -4.38. The molecule has 35 heavy (non-hydrogen) atoms. The van der Waals surface area contributed by atoms with Crippen LogP contribution in [-0.2, 0) is 0 Å². The molecule has 3 aliphatic rings. The second-order valence-electron chi connectivity index (χ2n) is 9.38. The maximum Gasteiger partial charge on any atom is 0.229 e. The molecule has 3 aromatic rings. The van der Waals surface area contributed by atoms with Crippen LogP contribution in [0.5, 0.6) is 17.2 Å². The first kappa shape index (κ1) is 21.2. The molecular formula is C30H22O5. The zero-order chi connectivity index (χ0) is 24.5. The van der Waals surface area contributed by atoms with Crippen molar-refractivity contribution in [2.24, 2.45) is 0 Å². The zero-order valence-corrected chi connectivity index (χ0v) is 19.5. The van der Waals surface area contributed by atoms with E-state index in [1.807, 2.05) is 63.3 Å². The third-order valence-electron chi connectivity index (χ3n) is 6.53. The van der Waals surface area contributed by atoms with Crippen LogP contribution in [0.4, 0.5) is 0 Å². The van der Waals surface area contributed by atoms with Gasteiger partial charge < -0.3 is 14.6 Å². The molecular weight excluding hydrogens is 440 g/mol. The fourth-order valence-corrected chi connectivity index (χ4v) is 4.93. The number of phenolic OH excluding ortho intramolecular Hbond substituents is 1. The minimum Gasteiger partial charge on any atom is -0.504 e. The van der Waals surface area contributed by atoms with Crippen LogP contribution >= 0.6 is 0 Å². The number of fused-ring (bicyclic) bond motifs is 4. The Balaban J connectivity index is 1.68. The van der Waals surface area contributed by atoms with Gasteiger partial charge in [-0.2, -0.15) is 0 Å². The van der Waals surface area contributed by atoms with Gasteiger partial charge in [0.05, 0.1) is 11.1 Å². The summed E-state index contributed by atoms with van der Waals surface area (Å²) in [7, 11) is 0. The van der Waals surface area contributed by atoms with Crippen molar-refractivity contribution >= 4 is 27.9 Å². The molecule has 2 heterocycles. The number of carbonyl (C=O) groups excluding carboxylic acids is 2. The summed E-state index contributed by atoms with van der Waals surface area (Å²) >= 11 is 0. The number of ketones is 2. The molecule has 172 valence electrons. The van der Waals surface area contributed by atoms with Crippen LogP contribution in [0.15, 0.2) is 89.7 Å². The summed E-state index contributed by atoms with van der Waals surface area (Å²) in [6, 6.07) is 14.0. The van der Waals surface area contributed by atoms with E-state index in [2.05, 4.69) is 0 Å². The molecule has 0 aromatic heterocycles. The number of hydrogen-bond acceptors (Lipinski definition) is 5. The van der Waals surface area contributed by atoms with E-state index >= 15 is 0 Å². The molecule has 0 unspecified atom stereocenters. The Morgan fingerprint density at radius 3 is 2.29 bits per heavy atom. The van der Waals surface area contributed by atoms with Crippen LogP contribution in [0, 0.1) is 0 Å². The van der Waals surface area contributed by atoms with E-state index in [-0.39, 0.29) is 34.4 Å². The maximum atomic E-state index is 13.7. The average molecular weight is 463 g/mol. The smallest absolute Gasteiger partial charge is 0.229 e. The van der Waals surface area contributed by atoms with Crippen molar-refractivity contribution < 1.29 is 24.2 Å². The number of aromatic hydroxyl groups is 1. The van der Waals surface area contributed by atoms with Gasteiger partial charge in [0.15, 0.2) is 23.0 Å². The third kappa shape index (κ3) is 3.01. The van der Waals surface area contributed by atoms with E-state index in [1.54, 1.807) is 30.3 Å². The quantitative estimate of drug-likeness (QED) is 0.451. The lowest BCUT2D eigenvalue weighted by atomic mass is 9.77. The van der Waals surface area contributed by atoms with Crippen molar-refractivity contribution in [3.63, 3.8) is 0 Å². The van der Waals surface area contributed by atoms with Crippen LogP contribution in [0.1, 0.15) is 47.1 Å². The van der Waals surface area contributed by atoms with Gasteiger partial charge in [0.1, 0.15) is 11.4 Å². The van der Waals surface area contributed by atoms with E-state index in [0.29, 0.717) is 38.8 Å². The molecule has 0 saturated carbocycles. The number of benzene rings is 3. The maximum absolute atomic E-state index is 13.7. The average Bonchev–Trinajstić information content (AvgIpc) is 2.84. The summed E-state index contributed by atoms with van der Waals surface area (Å²) < 4.78 is 12.6. The molecule has 0 fully saturated rings. The van der Waals surface area contributed by atoms with Gasteiger partial charge in [0.25, 0.3) is 0 Å². The van der Waals surface area contributed by atoms with Crippen molar-refractivity contribution in [3.05, 3.63) is 106 Å². The molecule has 0 bridgehead atoms. The zero-order valence-electron chi connectivity index (χ0n) is 19.5. The second kappa shape index (κ2) is 7.31. The molecule has 3 aromatic carbocycles. The SMILES string of the molecule is CC(C)=C/C=C/[C@]1(C)C=C2C3=C(Oc4c2c(c(O)c2ccccc42)O1)C(=O)c1ccccc1C3=O. The number of phenols is 1. The van der Waals surface area contributed by atoms with Crippen molar-refractivity contribution in [2.45, 2.75) is 26.4 Å². The summed E-state index contributed by atoms with van der Waals surface area (Å²) in [5, 5.41) is 12.4. The molecule has 0 saturated heterocycles. The van der Waals surface area contributed by atoms with Gasteiger partial charge in [-0.25, -0.2) is 0 Å². The van der Waals surface area contributed by atoms with Crippen LogP contribution < -0.4 is 9.47 Å². The molecule has 0 amide bonds. The Labute approximate surface area is 202 Å². The Morgan fingerprint density at radius 2 is 1.57 bits per heavy atom. The van der Waals surface area contributed by atoms with E-state index < -0.39 is 5.60 Å². The summed E-state index contributed by atoms with van der Waals surface area (Å²) in [6.07, 6.45) is 7.53. The summed E-state index contributed by atoms with van der Waals surface area (Å²) in [4.78, 5) is 27.2. The highest BCUT2D eigenvalue weighted by molar-refractivity contribution is 6.33. The van der Waals surface area contributed by atoms with Gasteiger partial charge in [-0.1, -0.05) is 66.3 Å². The van der Waals surface area contributed by atoms with Gasteiger partial charge in [-0.15, -0.1) is 0 Å². The molecule has 2 aliphatic heterocycles. The number of rotatable bonds is 2.